The third-order valence-electron chi connectivity index (χ3n) is 11.7. The molecule has 0 saturated carbocycles. The van der Waals surface area contributed by atoms with Crippen LogP contribution in [-0.2, 0) is 61.9 Å². The molecule has 396 valence electrons. The van der Waals surface area contributed by atoms with Gasteiger partial charge < -0.3 is 126 Å². The smallest absolute Gasteiger partial charge is 0.364 e. The van der Waals surface area contributed by atoms with E-state index in [9.17, 15) is 100 Å². The van der Waals surface area contributed by atoms with E-state index >= 15 is 0 Å². The molecule has 4 aliphatic rings. The predicted molar refractivity (Wildman–Crippen MR) is 215 cm³/mol. The number of carbonyl (C=O) groups is 6. The van der Waals surface area contributed by atoms with Crippen LogP contribution in [0.15, 0.2) is 0 Å². The van der Waals surface area contributed by atoms with Gasteiger partial charge in [0.05, 0.1) is 50.2 Å². The lowest BCUT2D eigenvalue weighted by Gasteiger charge is -2.51. The first-order valence-electron chi connectivity index (χ1n) is 21.3. The number of aliphatic hydroxyl groups is 12. The van der Waals surface area contributed by atoms with Gasteiger partial charge in [0, 0.05) is 47.1 Å². The fourth-order valence-corrected chi connectivity index (χ4v) is 8.30. The van der Waals surface area contributed by atoms with Crippen LogP contribution in [0.2, 0.25) is 0 Å². The average molecular weight is 1010 g/mol. The zero-order valence-corrected chi connectivity index (χ0v) is 37.4. The van der Waals surface area contributed by atoms with Gasteiger partial charge in [0.2, 0.25) is 23.6 Å². The lowest BCUT2D eigenvalue weighted by atomic mass is 9.88. The Kier molecular flexibility index (Phi) is 20.0. The molecule has 0 aromatic carbocycles. The van der Waals surface area contributed by atoms with Crippen molar-refractivity contribution < 1.29 is 133 Å². The Bertz CT molecular complexity index is 1800. The van der Waals surface area contributed by atoms with Gasteiger partial charge >= 0.3 is 11.9 Å². The molecule has 31 nitrogen and oxygen atoms in total. The first-order chi connectivity index (χ1) is 32.1. The second-order valence-corrected chi connectivity index (χ2v) is 17.0. The molecule has 0 bridgehead atoms. The molecule has 4 saturated heterocycles. The molecule has 4 fully saturated rings. The number of aliphatic carboxylic acids is 2. The second kappa shape index (κ2) is 24.0. The van der Waals surface area contributed by atoms with Gasteiger partial charge in [0.1, 0.15) is 79.3 Å². The van der Waals surface area contributed by atoms with Crippen molar-refractivity contribution in [2.45, 2.75) is 174 Å². The summed E-state index contributed by atoms with van der Waals surface area (Å²) in [5.74, 6) is -13.4. The lowest BCUT2D eigenvalue weighted by Crippen LogP contribution is -2.71. The molecule has 69 heavy (non-hydrogen) atoms. The van der Waals surface area contributed by atoms with Crippen molar-refractivity contribution in [2.75, 3.05) is 26.4 Å². The van der Waals surface area contributed by atoms with Crippen molar-refractivity contribution in [3.05, 3.63) is 0 Å². The van der Waals surface area contributed by atoms with Crippen LogP contribution >= 0.6 is 0 Å². The Morgan fingerprint density at radius 1 is 0.623 bits per heavy atom. The van der Waals surface area contributed by atoms with Gasteiger partial charge in [-0.1, -0.05) is 0 Å². The molecule has 4 rings (SSSR count). The summed E-state index contributed by atoms with van der Waals surface area (Å²) in [4.78, 5) is 73.6. The Labute approximate surface area is 390 Å². The van der Waals surface area contributed by atoms with Crippen molar-refractivity contribution >= 4 is 35.6 Å². The van der Waals surface area contributed by atoms with E-state index in [0.29, 0.717) is 0 Å². The molecule has 18 N–H and O–H groups in total. The summed E-state index contributed by atoms with van der Waals surface area (Å²) in [7, 11) is 0. The van der Waals surface area contributed by atoms with E-state index in [0.717, 1.165) is 27.7 Å². The minimum Gasteiger partial charge on any atom is -0.477 e. The van der Waals surface area contributed by atoms with E-state index in [1.165, 1.54) is 0 Å². The minimum atomic E-state index is -3.20. The van der Waals surface area contributed by atoms with E-state index in [2.05, 4.69) is 21.3 Å². The number of rotatable bonds is 20. The SMILES string of the molecule is CC(=O)NC[C@@H](O)[C@@H](O)[C@@H]1O[C@@](OC[C@H]2O[C@@H](O)[C@H](NC(C)=O)[C@@H](O[C@@H]3O[C@H](CO)[C@H](O)[C@H](O[C@]4(C(=O)O)C[C@H](O)[C@@H](NC(C)=O)[C@H]([C@H](O)[C@H](O)CO)O4)[C@H]3O)[C@H]2O)(C(=O)O)C[C@H](O)[C@H]1NC(C)=O. The first-order valence-corrected chi connectivity index (χ1v) is 21.3. The molecule has 0 aliphatic carbocycles. The summed E-state index contributed by atoms with van der Waals surface area (Å²) in [6.45, 7) is 0.0276. The van der Waals surface area contributed by atoms with Crippen molar-refractivity contribution in [2.24, 2.45) is 0 Å². The molecule has 0 unspecified atom stereocenters. The maximum absolute atomic E-state index is 12.9. The Morgan fingerprint density at radius 3 is 1.58 bits per heavy atom. The number of carbonyl (C=O) groups excluding carboxylic acids is 4. The molecule has 4 heterocycles. The van der Waals surface area contributed by atoms with Crippen molar-refractivity contribution in [1.29, 1.82) is 0 Å². The normalized spacial score (nSPS) is 40.0. The zero-order valence-electron chi connectivity index (χ0n) is 37.4. The predicted octanol–water partition coefficient (Wildman–Crippen LogP) is -10.8. The van der Waals surface area contributed by atoms with Crippen molar-refractivity contribution in [1.82, 2.24) is 21.3 Å². The van der Waals surface area contributed by atoms with Gasteiger partial charge in [-0.05, 0) is 0 Å². The number of hydrogen-bond acceptors (Lipinski definition) is 25. The lowest BCUT2D eigenvalue weighted by molar-refractivity contribution is -0.382. The monoisotopic (exact) mass is 1010 g/mol. The quantitative estimate of drug-likeness (QED) is 0.0538. The van der Waals surface area contributed by atoms with Crippen LogP contribution in [0.5, 0.6) is 0 Å². The third kappa shape index (κ3) is 13.3. The van der Waals surface area contributed by atoms with Gasteiger partial charge in [0.25, 0.3) is 11.6 Å². The molecule has 0 radical (unpaired) electrons. The number of ether oxygens (including phenoxy) is 7. The highest BCUT2D eigenvalue weighted by Gasteiger charge is 2.61. The van der Waals surface area contributed by atoms with Crippen LogP contribution in [0.1, 0.15) is 40.5 Å². The van der Waals surface area contributed by atoms with Crippen LogP contribution in [0.3, 0.4) is 0 Å². The molecule has 31 heteroatoms. The Balaban J connectivity index is 1.66. The van der Waals surface area contributed by atoms with Crippen LogP contribution in [0, 0.1) is 0 Å². The summed E-state index contributed by atoms with van der Waals surface area (Å²) in [5, 5.41) is 160. The summed E-state index contributed by atoms with van der Waals surface area (Å²) >= 11 is 0. The summed E-state index contributed by atoms with van der Waals surface area (Å²) < 4.78 is 39.3. The zero-order chi connectivity index (χ0) is 52.0. The first kappa shape index (κ1) is 57.6. The van der Waals surface area contributed by atoms with Gasteiger partial charge in [-0.3, -0.25) is 19.2 Å². The molecular weight excluding hydrogens is 944 g/mol. The molecule has 0 aromatic rings. The highest BCUT2D eigenvalue weighted by atomic mass is 16.8. The summed E-state index contributed by atoms with van der Waals surface area (Å²) in [5.41, 5.74) is 0. The van der Waals surface area contributed by atoms with Gasteiger partial charge in [0.15, 0.2) is 12.6 Å². The van der Waals surface area contributed by atoms with Gasteiger partial charge in [-0.15, -0.1) is 0 Å². The van der Waals surface area contributed by atoms with Crippen LogP contribution in [0.4, 0.5) is 0 Å². The number of carboxylic acid groups (broad SMARTS) is 2. The summed E-state index contributed by atoms with van der Waals surface area (Å²) in [6.07, 6.45) is -38.0. The largest absolute Gasteiger partial charge is 0.477 e. The van der Waals surface area contributed by atoms with Crippen LogP contribution in [-0.4, -0.2) is 267 Å². The topological polar surface area (TPSA) is 498 Å². The molecule has 0 spiro atoms. The van der Waals surface area contributed by atoms with Gasteiger partial charge in [-0.25, -0.2) is 9.59 Å². The van der Waals surface area contributed by atoms with Crippen molar-refractivity contribution in [3.8, 4) is 0 Å². The third-order valence-corrected chi connectivity index (χ3v) is 11.7. The van der Waals surface area contributed by atoms with Crippen LogP contribution < -0.4 is 21.3 Å². The highest BCUT2D eigenvalue weighted by Crippen LogP contribution is 2.39. The Morgan fingerprint density at radius 2 is 1.10 bits per heavy atom. The number of carboxylic acids is 2. The van der Waals surface area contributed by atoms with E-state index in [4.69, 9.17) is 33.2 Å². The fourth-order valence-electron chi connectivity index (χ4n) is 8.30. The maximum atomic E-state index is 12.9. The minimum absolute atomic E-state index is 0.611. The van der Waals surface area contributed by atoms with E-state index in [1.807, 2.05) is 0 Å². The second-order valence-electron chi connectivity index (χ2n) is 17.0. The maximum Gasteiger partial charge on any atom is 0.364 e. The molecular formula is C38H62N4O27. The number of nitrogens with one attached hydrogen (secondary N) is 4. The van der Waals surface area contributed by atoms with E-state index < -0.39 is 209 Å². The van der Waals surface area contributed by atoms with E-state index in [-0.39, 0.29) is 0 Å². The number of hydrogen-bond donors (Lipinski definition) is 18. The highest BCUT2D eigenvalue weighted by molar-refractivity contribution is 5.77. The number of amides is 4. The number of aliphatic hydroxyl groups excluding tert-OH is 12. The molecule has 4 amide bonds. The molecule has 4 aliphatic heterocycles. The summed E-state index contributed by atoms with van der Waals surface area (Å²) in [6, 6.07) is -5.09. The average Bonchev–Trinajstić information content (AvgIpc) is 3.27. The van der Waals surface area contributed by atoms with Gasteiger partial charge in [-0.2, -0.15) is 0 Å². The molecule has 22 atom stereocenters. The Hall–Kier alpha value is -3.94. The standard InChI is InChI=1S/C38H62N4O27/c1-11(45)39-7-17(51)24(53)30-21(40-12(2)46)15(49)5-37(67-30,35(59)60)63-10-20-27(56)29(23(33(58)64-20)42-14(4)48)66-34-28(57)32(26(55)19(9-44)65-34)69-38(36(61)62)6-16(50)22(41-13(3)47)31(68-38)25(54)18(52)8-43/h15-34,43-44,49-58H,5-10H2,1-4H3,(H,39,45)(H,40,46)(H,41,47)(H,42,48)(H,59,60)(H,61,62)/t15-,16-,17+,18+,19+,20+,21+,22+,23+,24+,25+,26-,27-,28+,29+,30+,31+,32-,33+,34-,37+,38-/m0/s1. The molecule has 0 aromatic heterocycles. The van der Waals surface area contributed by atoms with Crippen LogP contribution in [0.25, 0.3) is 0 Å². The van der Waals surface area contributed by atoms with Crippen molar-refractivity contribution in [3.63, 3.8) is 0 Å². The fraction of sp³-hybridized carbons (Fsp3) is 0.842. The van der Waals surface area contributed by atoms with E-state index in [1.54, 1.807) is 0 Å².